The van der Waals surface area contributed by atoms with Crippen molar-refractivity contribution in [1.82, 2.24) is 4.90 Å². The van der Waals surface area contributed by atoms with E-state index in [0.717, 1.165) is 75.4 Å². The predicted molar refractivity (Wildman–Crippen MR) is 206 cm³/mol. The maximum absolute atomic E-state index is 12.8. The van der Waals surface area contributed by atoms with Crippen molar-refractivity contribution < 1.29 is 23.8 Å². The Hall–Kier alpha value is -3.30. The quantitative estimate of drug-likeness (QED) is 0.0761. The number of nitrogens with zero attached hydrogens (tertiary/aromatic N) is 3. The van der Waals surface area contributed by atoms with Crippen molar-refractivity contribution in [3.05, 3.63) is 53.4 Å². The number of aryl methyl sites for hydroxylation is 1. The van der Waals surface area contributed by atoms with Crippen LogP contribution in [0.5, 0.6) is 5.75 Å². The first-order valence-electron chi connectivity index (χ1n) is 19.4. The first-order valence-corrected chi connectivity index (χ1v) is 20.3. The van der Waals surface area contributed by atoms with Gasteiger partial charge in [0.2, 0.25) is 5.91 Å². The monoisotopic (exact) mass is 705 g/mol. The van der Waals surface area contributed by atoms with Crippen molar-refractivity contribution in [3.63, 3.8) is 0 Å². The van der Waals surface area contributed by atoms with E-state index >= 15 is 0 Å². The van der Waals surface area contributed by atoms with Crippen LogP contribution >= 0.6 is 11.3 Å². The molecule has 3 aromatic rings. The van der Waals surface area contributed by atoms with Crippen LogP contribution in [0.1, 0.15) is 109 Å². The van der Waals surface area contributed by atoms with Crippen LogP contribution in [0.4, 0.5) is 16.2 Å². The highest BCUT2D eigenvalue weighted by Gasteiger charge is 2.26. The molecule has 1 fully saturated rings. The standard InChI is InChI=1S/C41H59N3O5S/c1-2-3-4-5-6-7-8-9-10-11-12-14-30-48-41(46)49-33-44-38-32-35(21-19-34(38)20-22-40(44)45)47-29-15-13-24-42-25-27-43(28-26-42)37-17-16-18-39-36(37)23-31-50-39/h16-19,21,23,31-32H,2-15,20,22,24-30,33H2,1H3. The molecule has 50 heavy (non-hydrogen) atoms. The molecule has 2 aliphatic rings. The zero-order chi connectivity index (χ0) is 34.8. The molecule has 9 heteroatoms. The van der Waals surface area contributed by atoms with Crippen LogP contribution in [0.15, 0.2) is 47.8 Å². The second-order valence-electron chi connectivity index (χ2n) is 13.9. The fraction of sp³-hybridized carbons (Fsp3) is 0.610. The van der Waals surface area contributed by atoms with Crippen LogP contribution in [-0.2, 0) is 20.7 Å². The summed E-state index contributed by atoms with van der Waals surface area (Å²) in [6.45, 7) is 8.40. The minimum atomic E-state index is -0.721. The van der Waals surface area contributed by atoms with E-state index in [4.69, 9.17) is 14.2 Å². The Labute approximate surface area is 304 Å². The highest BCUT2D eigenvalue weighted by atomic mass is 32.1. The summed E-state index contributed by atoms with van der Waals surface area (Å²) in [5.74, 6) is 0.671. The molecule has 1 amide bonds. The minimum Gasteiger partial charge on any atom is -0.494 e. The second-order valence-corrected chi connectivity index (χ2v) is 14.8. The molecule has 0 unspecified atom stereocenters. The summed E-state index contributed by atoms with van der Waals surface area (Å²) in [5.41, 5.74) is 3.17. The summed E-state index contributed by atoms with van der Waals surface area (Å²) in [4.78, 5) is 31.7. The molecule has 3 heterocycles. The van der Waals surface area contributed by atoms with Crippen molar-refractivity contribution in [2.45, 2.75) is 110 Å². The number of piperazine rings is 1. The first kappa shape index (κ1) is 37.9. The maximum atomic E-state index is 12.8. The maximum Gasteiger partial charge on any atom is 0.510 e. The Morgan fingerprint density at radius 1 is 0.740 bits per heavy atom. The number of thiophene rings is 1. The molecule has 0 N–H and O–H groups in total. The Morgan fingerprint density at radius 2 is 1.46 bits per heavy atom. The minimum absolute atomic E-state index is 0.0597. The Kier molecular flexibility index (Phi) is 16.1. The van der Waals surface area contributed by atoms with E-state index in [9.17, 15) is 9.59 Å². The third-order valence-corrected chi connectivity index (χ3v) is 11.0. The molecule has 0 atom stereocenters. The molecule has 2 aliphatic heterocycles. The number of carbonyl (C=O) groups is 2. The zero-order valence-corrected chi connectivity index (χ0v) is 31.2. The highest BCUT2D eigenvalue weighted by molar-refractivity contribution is 7.17. The van der Waals surface area contributed by atoms with E-state index in [0.29, 0.717) is 26.1 Å². The average Bonchev–Trinajstić information content (AvgIpc) is 3.63. The molecular formula is C41H59N3O5S. The van der Waals surface area contributed by atoms with Crippen LogP contribution in [0, 0.1) is 0 Å². The molecule has 1 aromatic heterocycles. The average molecular weight is 706 g/mol. The number of hydrogen-bond donors (Lipinski definition) is 0. The number of hydrogen-bond acceptors (Lipinski definition) is 8. The third kappa shape index (κ3) is 11.9. The van der Waals surface area contributed by atoms with Crippen molar-refractivity contribution in [2.24, 2.45) is 0 Å². The number of fused-ring (bicyclic) bond motifs is 2. The summed E-state index contributed by atoms with van der Waals surface area (Å²) in [5, 5.41) is 3.55. The number of rotatable bonds is 22. The van der Waals surface area contributed by atoms with E-state index < -0.39 is 6.16 Å². The van der Waals surface area contributed by atoms with E-state index in [2.05, 4.69) is 46.4 Å². The molecule has 0 radical (unpaired) electrons. The molecule has 5 rings (SSSR count). The van der Waals surface area contributed by atoms with Crippen molar-refractivity contribution >= 4 is 44.9 Å². The topological polar surface area (TPSA) is 71.5 Å². The van der Waals surface area contributed by atoms with Crippen molar-refractivity contribution in [2.75, 3.05) is 62.5 Å². The van der Waals surface area contributed by atoms with E-state index in [-0.39, 0.29) is 12.6 Å². The highest BCUT2D eigenvalue weighted by Crippen LogP contribution is 2.33. The molecular weight excluding hydrogens is 647 g/mol. The number of amides is 1. The van der Waals surface area contributed by atoms with E-state index in [1.54, 1.807) is 0 Å². The predicted octanol–water partition coefficient (Wildman–Crippen LogP) is 9.97. The summed E-state index contributed by atoms with van der Waals surface area (Å²) in [6, 6.07) is 14.8. The number of unbranched alkanes of at least 4 members (excludes halogenated alkanes) is 12. The molecule has 0 bridgehead atoms. The Morgan fingerprint density at radius 3 is 2.22 bits per heavy atom. The van der Waals surface area contributed by atoms with Gasteiger partial charge in [-0.2, -0.15) is 0 Å². The zero-order valence-electron chi connectivity index (χ0n) is 30.4. The van der Waals surface area contributed by atoms with E-state index in [1.807, 2.05) is 29.5 Å². The molecule has 274 valence electrons. The van der Waals surface area contributed by atoms with Gasteiger partial charge in [-0.15, -0.1) is 11.3 Å². The van der Waals surface area contributed by atoms with Crippen molar-refractivity contribution in [3.8, 4) is 5.75 Å². The number of anilines is 2. The summed E-state index contributed by atoms with van der Waals surface area (Å²) in [6.07, 6.45) is 17.4. The number of benzene rings is 2. The van der Waals surface area contributed by atoms with Gasteiger partial charge in [-0.3, -0.25) is 14.6 Å². The lowest BCUT2D eigenvalue weighted by molar-refractivity contribution is -0.119. The molecule has 0 spiro atoms. The van der Waals surface area contributed by atoms with Gasteiger partial charge in [0.1, 0.15) is 5.75 Å². The molecule has 0 aliphatic carbocycles. The van der Waals surface area contributed by atoms with Crippen LogP contribution < -0.4 is 14.5 Å². The molecule has 8 nitrogen and oxygen atoms in total. The van der Waals surface area contributed by atoms with Crippen LogP contribution in [0.2, 0.25) is 0 Å². The number of ether oxygens (including phenoxy) is 3. The van der Waals surface area contributed by atoms with Gasteiger partial charge >= 0.3 is 6.16 Å². The second kappa shape index (κ2) is 21.2. The van der Waals surface area contributed by atoms with Gasteiger partial charge < -0.3 is 19.1 Å². The fourth-order valence-electron chi connectivity index (χ4n) is 7.10. The Bertz CT molecular complexity index is 1450. The van der Waals surface area contributed by atoms with Crippen molar-refractivity contribution in [1.29, 1.82) is 0 Å². The lowest BCUT2D eigenvalue weighted by Crippen LogP contribution is -2.46. The van der Waals surface area contributed by atoms with Gasteiger partial charge in [-0.1, -0.05) is 89.7 Å². The van der Waals surface area contributed by atoms with Gasteiger partial charge in [-0.05, 0) is 67.4 Å². The summed E-state index contributed by atoms with van der Waals surface area (Å²) < 4.78 is 18.1. The molecule has 1 saturated heterocycles. The van der Waals surface area contributed by atoms with Crippen LogP contribution in [0.3, 0.4) is 0 Å². The Balaban J connectivity index is 0.929. The van der Waals surface area contributed by atoms with Crippen LogP contribution in [0.25, 0.3) is 10.1 Å². The lowest BCUT2D eigenvalue weighted by atomic mass is 10.0. The van der Waals surface area contributed by atoms with Crippen LogP contribution in [-0.4, -0.2) is 69.6 Å². The SMILES string of the molecule is CCCCCCCCCCCCCCOC(=O)OCN1C(=O)CCc2ccc(OCCCCN3CCN(c4cccc5sccc45)CC3)cc21. The largest absolute Gasteiger partial charge is 0.510 e. The van der Waals surface area contributed by atoms with Gasteiger partial charge in [0.05, 0.1) is 18.9 Å². The summed E-state index contributed by atoms with van der Waals surface area (Å²) >= 11 is 1.81. The van der Waals surface area contributed by atoms with E-state index in [1.165, 1.54) is 84.9 Å². The van der Waals surface area contributed by atoms with Gasteiger partial charge in [0.25, 0.3) is 0 Å². The summed E-state index contributed by atoms with van der Waals surface area (Å²) in [7, 11) is 0. The first-order chi connectivity index (χ1) is 24.6. The molecule has 0 saturated carbocycles. The van der Waals surface area contributed by atoms with Gasteiger partial charge in [0, 0.05) is 54.4 Å². The van der Waals surface area contributed by atoms with Gasteiger partial charge in [-0.25, -0.2) is 4.79 Å². The number of carbonyl (C=O) groups excluding carboxylic acids is 2. The van der Waals surface area contributed by atoms with Gasteiger partial charge in [0.15, 0.2) is 6.73 Å². The smallest absolute Gasteiger partial charge is 0.494 e. The normalized spacial score (nSPS) is 15.0. The fourth-order valence-corrected chi connectivity index (χ4v) is 7.91. The lowest BCUT2D eigenvalue weighted by Gasteiger charge is -2.36. The molecule has 2 aromatic carbocycles. The third-order valence-electron chi connectivity index (χ3n) is 10.1.